The molecule has 6 heteroatoms. The van der Waals surface area contributed by atoms with E-state index >= 15 is 0 Å². The number of amides is 1. The predicted molar refractivity (Wildman–Crippen MR) is 84.3 cm³/mol. The second-order valence-corrected chi connectivity index (χ2v) is 6.45. The van der Waals surface area contributed by atoms with E-state index in [1.54, 1.807) is 6.07 Å². The van der Waals surface area contributed by atoms with Gasteiger partial charge < -0.3 is 16.2 Å². The number of nitrogens with one attached hydrogen (secondary N) is 1. The van der Waals surface area contributed by atoms with E-state index < -0.39 is 11.4 Å². The SMILES string of the molecule is NCC1(C(=O)Nc2cc(Br)cc(C(=O)O)c2)CCCCC1. The fraction of sp³-hybridized carbons (Fsp3) is 0.467. The smallest absolute Gasteiger partial charge is 0.335 e. The number of hydrogen-bond acceptors (Lipinski definition) is 3. The lowest BCUT2D eigenvalue weighted by Crippen LogP contribution is -2.43. The lowest BCUT2D eigenvalue weighted by molar-refractivity contribution is -0.126. The largest absolute Gasteiger partial charge is 0.478 e. The lowest BCUT2D eigenvalue weighted by atomic mass is 9.73. The molecule has 5 nitrogen and oxygen atoms in total. The second kappa shape index (κ2) is 6.58. The van der Waals surface area contributed by atoms with Crippen LogP contribution in [0.5, 0.6) is 0 Å². The highest BCUT2D eigenvalue weighted by Gasteiger charge is 2.38. The number of anilines is 1. The van der Waals surface area contributed by atoms with Crippen molar-refractivity contribution in [2.75, 3.05) is 11.9 Å². The van der Waals surface area contributed by atoms with E-state index in [-0.39, 0.29) is 11.5 Å². The minimum absolute atomic E-state index is 0.112. The van der Waals surface area contributed by atoms with E-state index in [1.165, 1.54) is 12.1 Å². The Bertz CT molecular complexity index is 554. The molecule has 0 radical (unpaired) electrons. The molecule has 1 aliphatic carbocycles. The van der Waals surface area contributed by atoms with Crippen molar-refractivity contribution in [2.24, 2.45) is 11.1 Å². The maximum absolute atomic E-state index is 12.6. The topological polar surface area (TPSA) is 92.4 Å². The van der Waals surface area contributed by atoms with Crippen LogP contribution in [0.15, 0.2) is 22.7 Å². The van der Waals surface area contributed by atoms with Crippen LogP contribution in [0, 0.1) is 5.41 Å². The third-order valence-electron chi connectivity index (χ3n) is 4.09. The molecule has 0 heterocycles. The van der Waals surface area contributed by atoms with Gasteiger partial charge in [-0.05, 0) is 31.0 Å². The number of rotatable bonds is 4. The number of carbonyl (C=O) groups is 2. The van der Waals surface area contributed by atoms with Gasteiger partial charge in [0.2, 0.25) is 5.91 Å². The van der Waals surface area contributed by atoms with Crippen molar-refractivity contribution < 1.29 is 14.7 Å². The number of nitrogens with two attached hydrogens (primary N) is 1. The molecule has 0 aromatic heterocycles. The number of benzene rings is 1. The third kappa shape index (κ3) is 3.63. The summed E-state index contributed by atoms with van der Waals surface area (Å²) in [4.78, 5) is 23.6. The monoisotopic (exact) mass is 354 g/mol. The van der Waals surface area contributed by atoms with Crippen LogP contribution in [-0.4, -0.2) is 23.5 Å². The van der Waals surface area contributed by atoms with E-state index in [0.29, 0.717) is 16.7 Å². The van der Waals surface area contributed by atoms with Gasteiger partial charge in [-0.25, -0.2) is 4.79 Å². The average molecular weight is 355 g/mol. The summed E-state index contributed by atoms with van der Waals surface area (Å²) in [6, 6.07) is 4.65. The van der Waals surface area contributed by atoms with Crippen LogP contribution in [0.4, 0.5) is 5.69 Å². The van der Waals surface area contributed by atoms with Crippen molar-refractivity contribution in [3.63, 3.8) is 0 Å². The quantitative estimate of drug-likeness (QED) is 0.774. The molecule has 0 atom stereocenters. The minimum Gasteiger partial charge on any atom is -0.478 e. The molecule has 0 bridgehead atoms. The Kier molecular flexibility index (Phi) is 5.00. The van der Waals surface area contributed by atoms with Crippen molar-refractivity contribution >= 4 is 33.5 Å². The van der Waals surface area contributed by atoms with E-state index in [0.717, 1.165) is 32.1 Å². The fourth-order valence-electron chi connectivity index (χ4n) is 2.80. The lowest BCUT2D eigenvalue weighted by Gasteiger charge is -2.34. The first kappa shape index (κ1) is 16.0. The van der Waals surface area contributed by atoms with Crippen LogP contribution in [0.2, 0.25) is 0 Å². The van der Waals surface area contributed by atoms with Crippen molar-refractivity contribution in [1.82, 2.24) is 0 Å². The Morgan fingerprint density at radius 1 is 1.24 bits per heavy atom. The van der Waals surface area contributed by atoms with Crippen molar-refractivity contribution in [2.45, 2.75) is 32.1 Å². The van der Waals surface area contributed by atoms with Gasteiger partial charge in [-0.1, -0.05) is 35.2 Å². The van der Waals surface area contributed by atoms with Gasteiger partial charge in [0, 0.05) is 16.7 Å². The highest BCUT2D eigenvalue weighted by molar-refractivity contribution is 9.10. The molecule has 1 aromatic carbocycles. The second-order valence-electron chi connectivity index (χ2n) is 5.53. The fourth-order valence-corrected chi connectivity index (χ4v) is 3.29. The Balaban J connectivity index is 2.20. The summed E-state index contributed by atoms with van der Waals surface area (Å²) in [7, 11) is 0. The summed E-state index contributed by atoms with van der Waals surface area (Å²) >= 11 is 3.26. The highest BCUT2D eigenvalue weighted by Crippen LogP contribution is 2.36. The molecule has 4 N–H and O–H groups in total. The molecule has 0 aliphatic heterocycles. The molecule has 0 unspecified atom stereocenters. The zero-order chi connectivity index (χ0) is 15.5. The Labute approximate surface area is 132 Å². The summed E-state index contributed by atoms with van der Waals surface area (Å²) in [6.45, 7) is 0.318. The van der Waals surface area contributed by atoms with Crippen molar-refractivity contribution in [3.8, 4) is 0 Å². The van der Waals surface area contributed by atoms with Crippen molar-refractivity contribution in [1.29, 1.82) is 0 Å². The highest BCUT2D eigenvalue weighted by atomic mass is 79.9. The summed E-state index contributed by atoms with van der Waals surface area (Å²) in [5, 5.41) is 11.9. The first-order valence-corrected chi connectivity index (χ1v) is 7.81. The molecule has 21 heavy (non-hydrogen) atoms. The third-order valence-corrected chi connectivity index (χ3v) is 4.54. The van der Waals surface area contributed by atoms with Gasteiger partial charge in [0.1, 0.15) is 0 Å². The predicted octanol–water partition coefficient (Wildman–Crippen LogP) is 3.00. The zero-order valence-electron chi connectivity index (χ0n) is 11.7. The van der Waals surface area contributed by atoms with E-state index in [2.05, 4.69) is 21.2 Å². The minimum atomic E-state index is -1.03. The molecule has 1 saturated carbocycles. The summed E-state index contributed by atoms with van der Waals surface area (Å²) in [6.07, 6.45) is 4.71. The molecule has 1 aromatic rings. The Hall–Kier alpha value is -1.40. The molecule has 0 saturated heterocycles. The number of carbonyl (C=O) groups excluding carboxylic acids is 1. The van der Waals surface area contributed by atoms with Gasteiger partial charge in [0.25, 0.3) is 0 Å². The van der Waals surface area contributed by atoms with Crippen LogP contribution >= 0.6 is 15.9 Å². The maximum atomic E-state index is 12.6. The van der Waals surface area contributed by atoms with E-state index in [1.807, 2.05) is 0 Å². The summed E-state index contributed by atoms with van der Waals surface area (Å²) in [5.74, 6) is -1.14. The first-order chi connectivity index (χ1) is 9.97. The van der Waals surface area contributed by atoms with Gasteiger partial charge in [0.05, 0.1) is 11.0 Å². The van der Waals surface area contributed by atoms with Gasteiger partial charge in [0.15, 0.2) is 0 Å². The zero-order valence-corrected chi connectivity index (χ0v) is 13.3. The van der Waals surface area contributed by atoms with Crippen LogP contribution < -0.4 is 11.1 Å². The molecule has 1 aliphatic rings. The molecule has 0 spiro atoms. The maximum Gasteiger partial charge on any atom is 0.335 e. The van der Waals surface area contributed by atoms with Crippen LogP contribution in [-0.2, 0) is 4.79 Å². The van der Waals surface area contributed by atoms with Gasteiger partial charge in [-0.3, -0.25) is 4.79 Å². The van der Waals surface area contributed by atoms with Gasteiger partial charge in [-0.2, -0.15) is 0 Å². The van der Waals surface area contributed by atoms with Crippen LogP contribution in [0.25, 0.3) is 0 Å². The number of carboxylic acid groups (broad SMARTS) is 1. The normalized spacial score (nSPS) is 17.2. The van der Waals surface area contributed by atoms with Crippen molar-refractivity contribution in [3.05, 3.63) is 28.2 Å². The Morgan fingerprint density at radius 2 is 1.90 bits per heavy atom. The number of hydrogen-bond donors (Lipinski definition) is 3. The summed E-state index contributed by atoms with van der Waals surface area (Å²) < 4.78 is 0.614. The molecule has 1 amide bonds. The Morgan fingerprint density at radius 3 is 2.48 bits per heavy atom. The first-order valence-electron chi connectivity index (χ1n) is 7.02. The van der Waals surface area contributed by atoms with Crippen LogP contribution in [0.3, 0.4) is 0 Å². The van der Waals surface area contributed by atoms with Gasteiger partial charge >= 0.3 is 5.97 Å². The number of aromatic carboxylic acids is 1. The molecule has 114 valence electrons. The average Bonchev–Trinajstić information content (AvgIpc) is 2.47. The number of halogens is 1. The standard InChI is InChI=1S/C15H19BrN2O3/c16-11-6-10(13(19)20)7-12(8-11)18-14(21)15(9-17)4-2-1-3-5-15/h6-8H,1-5,9,17H2,(H,18,21)(H,19,20). The molecule has 2 rings (SSSR count). The van der Waals surface area contributed by atoms with Gasteiger partial charge in [-0.15, -0.1) is 0 Å². The molecular weight excluding hydrogens is 336 g/mol. The summed E-state index contributed by atoms with van der Waals surface area (Å²) in [5.41, 5.74) is 5.92. The molecular formula is C15H19BrN2O3. The van der Waals surface area contributed by atoms with E-state index in [9.17, 15) is 9.59 Å². The molecule has 1 fully saturated rings. The number of carboxylic acids is 1. The van der Waals surface area contributed by atoms with E-state index in [4.69, 9.17) is 10.8 Å². The van der Waals surface area contributed by atoms with Crippen LogP contribution in [0.1, 0.15) is 42.5 Å².